The molecule has 0 spiro atoms. The van der Waals surface area contributed by atoms with E-state index in [-0.39, 0.29) is 31.4 Å². The van der Waals surface area contributed by atoms with Gasteiger partial charge >= 0.3 is 18.2 Å². The van der Waals surface area contributed by atoms with Crippen LogP contribution in [-0.2, 0) is 22.1 Å². The van der Waals surface area contributed by atoms with E-state index in [2.05, 4.69) is 15.6 Å². The van der Waals surface area contributed by atoms with Gasteiger partial charge in [-0.2, -0.15) is 13.2 Å². The second-order valence-corrected chi connectivity index (χ2v) is 9.03. The van der Waals surface area contributed by atoms with E-state index < -0.39 is 46.9 Å². The van der Waals surface area contributed by atoms with Gasteiger partial charge in [0.1, 0.15) is 17.2 Å². The summed E-state index contributed by atoms with van der Waals surface area (Å²) in [6, 6.07) is 5.79. The molecular formula is C24H28F3N3O6. The van der Waals surface area contributed by atoms with Gasteiger partial charge in [0.05, 0.1) is 5.56 Å². The van der Waals surface area contributed by atoms with Crippen molar-refractivity contribution in [1.29, 1.82) is 0 Å². The maximum absolute atomic E-state index is 12.7. The molecule has 0 saturated carbocycles. The van der Waals surface area contributed by atoms with Crippen molar-refractivity contribution in [1.82, 2.24) is 15.6 Å². The van der Waals surface area contributed by atoms with Gasteiger partial charge in [0.25, 0.3) is 11.5 Å². The van der Waals surface area contributed by atoms with Crippen molar-refractivity contribution in [3.05, 3.63) is 69.1 Å². The van der Waals surface area contributed by atoms with Gasteiger partial charge in [-0.05, 0) is 63.4 Å². The van der Waals surface area contributed by atoms with Crippen molar-refractivity contribution < 1.29 is 37.4 Å². The minimum Gasteiger partial charge on any atom is -0.480 e. The number of H-pyrrole nitrogens is 1. The first kappa shape index (κ1) is 28.4. The Balaban J connectivity index is 1.95. The molecule has 2 amide bonds. The van der Waals surface area contributed by atoms with Crippen molar-refractivity contribution in [3.8, 4) is 0 Å². The van der Waals surface area contributed by atoms with Crippen molar-refractivity contribution >= 4 is 18.0 Å². The molecule has 2 rings (SSSR count). The highest BCUT2D eigenvalue weighted by atomic mass is 19.4. The number of amides is 2. The SMILES string of the molecule is CC(C)(C)OC(=O)NCCC[C@H](NC(=O)c1ccc(Cc2ccc(C(F)(F)F)cc2)[nH]c1=O)C(=O)O. The highest BCUT2D eigenvalue weighted by molar-refractivity contribution is 5.96. The minimum absolute atomic E-state index is 0.0131. The molecule has 1 heterocycles. The number of aliphatic carboxylic acids is 1. The molecule has 0 bridgehead atoms. The molecule has 4 N–H and O–H groups in total. The number of hydrogen-bond donors (Lipinski definition) is 4. The summed E-state index contributed by atoms with van der Waals surface area (Å²) in [5.74, 6) is -2.21. The molecule has 1 aromatic carbocycles. The first-order valence-electron chi connectivity index (χ1n) is 11.0. The van der Waals surface area contributed by atoms with Crippen LogP contribution in [0.15, 0.2) is 41.2 Å². The van der Waals surface area contributed by atoms with Gasteiger partial charge in [-0.25, -0.2) is 9.59 Å². The smallest absolute Gasteiger partial charge is 0.416 e. The van der Waals surface area contributed by atoms with Crippen LogP contribution >= 0.6 is 0 Å². The fourth-order valence-electron chi connectivity index (χ4n) is 3.13. The molecule has 0 aliphatic rings. The largest absolute Gasteiger partial charge is 0.480 e. The number of carbonyl (C=O) groups excluding carboxylic acids is 2. The van der Waals surface area contributed by atoms with Gasteiger partial charge in [-0.1, -0.05) is 12.1 Å². The van der Waals surface area contributed by atoms with Gasteiger partial charge in [0, 0.05) is 18.7 Å². The molecule has 196 valence electrons. The lowest BCUT2D eigenvalue weighted by Crippen LogP contribution is -2.43. The molecule has 1 aromatic heterocycles. The number of carboxylic acid groups (broad SMARTS) is 1. The maximum atomic E-state index is 12.7. The van der Waals surface area contributed by atoms with Crippen molar-refractivity contribution in [2.45, 2.75) is 57.9 Å². The van der Waals surface area contributed by atoms with E-state index in [1.54, 1.807) is 20.8 Å². The van der Waals surface area contributed by atoms with Crippen LogP contribution in [0.25, 0.3) is 0 Å². The number of nitrogens with one attached hydrogen (secondary N) is 3. The minimum atomic E-state index is -4.45. The summed E-state index contributed by atoms with van der Waals surface area (Å²) < 4.78 is 43.1. The van der Waals surface area contributed by atoms with E-state index in [0.29, 0.717) is 11.3 Å². The van der Waals surface area contributed by atoms with Crippen LogP contribution in [0, 0.1) is 0 Å². The number of benzene rings is 1. The highest BCUT2D eigenvalue weighted by Crippen LogP contribution is 2.29. The predicted molar refractivity (Wildman–Crippen MR) is 124 cm³/mol. The summed E-state index contributed by atoms with van der Waals surface area (Å²) in [5.41, 5.74) is -1.68. The van der Waals surface area contributed by atoms with Crippen molar-refractivity contribution in [3.63, 3.8) is 0 Å². The summed E-state index contributed by atoms with van der Waals surface area (Å²) in [4.78, 5) is 50.5. The summed E-state index contributed by atoms with van der Waals surface area (Å²) in [6.45, 7) is 5.22. The Morgan fingerprint density at radius 3 is 2.22 bits per heavy atom. The van der Waals surface area contributed by atoms with Gasteiger partial charge in [-0.3, -0.25) is 9.59 Å². The van der Waals surface area contributed by atoms with Crippen LogP contribution in [0.3, 0.4) is 0 Å². The molecule has 0 fully saturated rings. The average molecular weight is 511 g/mol. The molecule has 0 unspecified atom stereocenters. The van der Waals surface area contributed by atoms with Gasteiger partial charge in [0.15, 0.2) is 0 Å². The maximum Gasteiger partial charge on any atom is 0.416 e. The van der Waals surface area contributed by atoms with Crippen LogP contribution in [-0.4, -0.2) is 46.2 Å². The number of carbonyl (C=O) groups is 3. The zero-order chi connectivity index (χ0) is 27.1. The van der Waals surface area contributed by atoms with Gasteiger partial charge in [0.2, 0.25) is 0 Å². The third-order valence-electron chi connectivity index (χ3n) is 4.83. The lowest BCUT2D eigenvalue weighted by molar-refractivity contribution is -0.139. The van der Waals surface area contributed by atoms with E-state index in [9.17, 15) is 37.5 Å². The molecule has 0 aliphatic carbocycles. The number of pyridine rings is 1. The van der Waals surface area contributed by atoms with E-state index in [1.165, 1.54) is 24.3 Å². The van der Waals surface area contributed by atoms with Crippen LogP contribution in [0.2, 0.25) is 0 Å². The topological polar surface area (TPSA) is 138 Å². The lowest BCUT2D eigenvalue weighted by atomic mass is 10.1. The third-order valence-corrected chi connectivity index (χ3v) is 4.83. The fraction of sp³-hybridized carbons (Fsp3) is 0.417. The molecule has 12 heteroatoms. The quantitative estimate of drug-likeness (QED) is 0.381. The van der Waals surface area contributed by atoms with Gasteiger partial charge in [-0.15, -0.1) is 0 Å². The Hall–Kier alpha value is -3.83. The Morgan fingerprint density at radius 1 is 1.06 bits per heavy atom. The Kier molecular flexibility index (Phi) is 9.26. The van der Waals surface area contributed by atoms with E-state index in [1.807, 2.05) is 0 Å². The van der Waals surface area contributed by atoms with E-state index in [4.69, 9.17) is 4.74 Å². The second kappa shape index (κ2) is 11.7. The van der Waals surface area contributed by atoms with Crippen LogP contribution in [0.4, 0.5) is 18.0 Å². The number of carboxylic acids is 1. The molecule has 2 aromatic rings. The standard InChI is InChI=1S/C24H28F3N3O6/c1-23(2,3)36-22(35)28-12-4-5-18(21(33)34)30-20(32)17-11-10-16(29-19(17)31)13-14-6-8-15(9-7-14)24(25,26)27/h6-11,18H,4-5,12-13H2,1-3H3,(H,28,35)(H,29,31)(H,30,32)(H,33,34)/t18-/m0/s1. The fourth-order valence-corrected chi connectivity index (χ4v) is 3.13. The first-order valence-corrected chi connectivity index (χ1v) is 11.0. The Labute approximate surface area is 205 Å². The monoisotopic (exact) mass is 511 g/mol. The Morgan fingerprint density at radius 2 is 1.69 bits per heavy atom. The third kappa shape index (κ3) is 9.08. The molecule has 0 saturated heterocycles. The number of ether oxygens (including phenoxy) is 1. The second-order valence-electron chi connectivity index (χ2n) is 9.03. The predicted octanol–water partition coefficient (Wildman–Crippen LogP) is 3.47. The molecule has 36 heavy (non-hydrogen) atoms. The summed E-state index contributed by atoms with van der Waals surface area (Å²) in [7, 11) is 0. The lowest BCUT2D eigenvalue weighted by Gasteiger charge is -2.20. The first-order chi connectivity index (χ1) is 16.7. The molecule has 9 nitrogen and oxygen atoms in total. The highest BCUT2D eigenvalue weighted by Gasteiger charge is 2.30. The van der Waals surface area contributed by atoms with Crippen LogP contribution in [0.1, 0.15) is 60.8 Å². The van der Waals surface area contributed by atoms with Crippen molar-refractivity contribution in [2.75, 3.05) is 6.54 Å². The number of alkyl halides is 3. The average Bonchev–Trinajstić information content (AvgIpc) is 2.74. The molecular weight excluding hydrogens is 483 g/mol. The zero-order valence-electron chi connectivity index (χ0n) is 20.0. The number of aromatic amines is 1. The molecule has 0 radical (unpaired) electrons. The van der Waals surface area contributed by atoms with Crippen LogP contribution < -0.4 is 16.2 Å². The molecule has 1 atom stereocenters. The molecule has 0 aliphatic heterocycles. The number of aromatic nitrogens is 1. The van der Waals surface area contributed by atoms with Gasteiger partial charge < -0.3 is 25.5 Å². The Bertz CT molecular complexity index is 1140. The normalized spacial score (nSPS) is 12.5. The number of hydrogen-bond acceptors (Lipinski definition) is 5. The van der Waals surface area contributed by atoms with Crippen molar-refractivity contribution in [2.24, 2.45) is 0 Å². The summed E-state index contributed by atoms with van der Waals surface area (Å²) in [5, 5.41) is 14.2. The van der Waals surface area contributed by atoms with E-state index in [0.717, 1.165) is 12.1 Å². The number of rotatable bonds is 9. The van der Waals surface area contributed by atoms with Crippen LogP contribution in [0.5, 0.6) is 0 Å². The number of alkyl carbamates (subject to hydrolysis) is 1. The summed E-state index contributed by atoms with van der Waals surface area (Å²) >= 11 is 0. The number of halogens is 3. The summed E-state index contributed by atoms with van der Waals surface area (Å²) in [6.07, 6.45) is -4.77. The zero-order valence-corrected chi connectivity index (χ0v) is 20.0. The van der Waals surface area contributed by atoms with E-state index >= 15 is 0 Å².